The van der Waals surface area contributed by atoms with Crippen LogP contribution in [-0.2, 0) is 19.1 Å². The molecule has 1 saturated heterocycles. The van der Waals surface area contributed by atoms with Crippen LogP contribution in [0.5, 0.6) is 0 Å². The molecule has 3 unspecified atom stereocenters. The van der Waals surface area contributed by atoms with Crippen LogP contribution in [0.3, 0.4) is 0 Å². The van der Waals surface area contributed by atoms with Gasteiger partial charge < -0.3 is 41.6 Å². The zero-order chi connectivity index (χ0) is 19.4. The first-order valence-corrected chi connectivity index (χ1v) is 8.12. The van der Waals surface area contributed by atoms with E-state index < -0.39 is 53.9 Å². The van der Waals surface area contributed by atoms with Crippen LogP contribution in [-0.4, -0.2) is 76.8 Å². The Morgan fingerprint density at radius 2 is 2.12 bits per heavy atom. The average Bonchev–Trinajstić information content (AvgIpc) is 2.55. The molecule has 0 spiro atoms. The minimum absolute atomic E-state index is 0.0636. The van der Waals surface area contributed by atoms with Crippen LogP contribution in [0.2, 0.25) is 0 Å². The van der Waals surface area contributed by atoms with E-state index in [2.05, 4.69) is 10.3 Å². The lowest BCUT2D eigenvalue weighted by Gasteiger charge is -2.41. The Morgan fingerprint density at radius 3 is 2.65 bits per heavy atom. The van der Waals surface area contributed by atoms with Gasteiger partial charge in [0.05, 0.1) is 24.8 Å². The minimum atomic E-state index is -1.38. The summed E-state index contributed by atoms with van der Waals surface area (Å²) in [5.74, 6) is -3.32. The molecule has 146 valence electrons. The number of hydrogen-bond acceptors (Lipinski definition) is 7. The first-order chi connectivity index (χ1) is 12.2. The van der Waals surface area contributed by atoms with Crippen molar-refractivity contribution in [2.45, 2.75) is 43.7 Å². The number of aliphatic hydroxyl groups excluding tert-OH is 2. The van der Waals surface area contributed by atoms with Gasteiger partial charge in [-0.2, -0.15) is 0 Å². The third-order valence-electron chi connectivity index (χ3n) is 4.32. The maximum absolute atomic E-state index is 11.6. The Balaban J connectivity index is 2.38. The van der Waals surface area contributed by atoms with Gasteiger partial charge in [0.1, 0.15) is 12.2 Å². The number of rotatable bonds is 5. The van der Waals surface area contributed by atoms with Crippen LogP contribution in [0.15, 0.2) is 16.8 Å². The first-order valence-electron chi connectivity index (χ1n) is 8.12. The Labute approximate surface area is 149 Å². The summed E-state index contributed by atoms with van der Waals surface area (Å²) >= 11 is 0. The summed E-state index contributed by atoms with van der Waals surface area (Å²) in [7, 11) is 0. The SMILES string of the molecule is CC(=O)N[C@@H]1[C@@H](N=C(N)N)C=C(C(=O)O)O[C@H]1C(O)C1COCCC1O. The molecule has 0 radical (unpaired) electrons. The van der Waals surface area contributed by atoms with E-state index in [-0.39, 0.29) is 12.6 Å². The maximum Gasteiger partial charge on any atom is 0.370 e. The number of carboxylic acid groups (broad SMARTS) is 1. The summed E-state index contributed by atoms with van der Waals surface area (Å²) in [5, 5.41) is 32.8. The number of nitrogens with two attached hydrogens (primary N) is 2. The second-order valence-corrected chi connectivity index (χ2v) is 6.27. The largest absolute Gasteiger partial charge is 0.478 e. The molecular formula is C15H24N4O7. The molecule has 2 rings (SSSR count). The monoisotopic (exact) mass is 372 g/mol. The van der Waals surface area contributed by atoms with E-state index >= 15 is 0 Å². The van der Waals surface area contributed by atoms with Crippen LogP contribution in [0.4, 0.5) is 0 Å². The van der Waals surface area contributed by atoms with Crippen molar-refractivity contribution in [2.24, 2.45) is 22.4 Å². The minimum Gasteiger partial charge on any atom is -0.478 e. The number of carbonyl (C=O) groups is 2. The molecule has 0 aromatic rings. The van der Waals surface area contributed by atoms with E-state index in [0.29, 0.717) is 13.0 Å². The van der Waals surface area contributed by atoms with E-state index in [4.69, 9.17) is 20.9 Å². The quantitative estimate of drug-likeness (QED) is 0.219. The van der Waals surface area contributed by atoms with Crippen molar-refractivity contribution in [3.63, 3.8) is 0 Å². The van der Waals surface area contributed by atoms with Gasteiger partial charge in [0.25, 0.3) is 0 Å². The molecule has 0 aromatic heterocycles. The predicted octanol–water partition coefficient (Wildman–Crippen LogP) is -2.74. The molecule has 0 saturated carbocycles. The van der Waals surface area contributed by atoms with E-state index in [0.717, 1.165) is 6.08 Å². The zero-order valence-electron chi connectivity index (χ0n) is 14.2. The van der Waals surface area contributed by atoms with Gasteiger partial charge in [0, 0.05) is 19.4 Å². The van der Waals surface area contributed by atoms with Crippen molar-refractivity contribution in [3.8, 4) is 0 Å². The Morgan fingerprint density at radius 1 is 1.42 bits per heavy atom. The molecule has 0 bridgehead atoms. The highest BCUT2D eigenvalue weighted by atomic mass is 16.5. The van der Waals surface area contributed by atoms with Crippen LogP contribution in [0.25, 0.3) is 0 Å². The summed E-state index contributed by atoms with van der Waals surface area (Å²) in [6, 6.07) is -1.91. The van der Waals surface area contributed by atoms with Crippen LogP contribution < -0.4 is 16.8 Å². The lowest BCUT2D eigenvalue weighted by Crippen LogP contribution is -2.60. The van der Waals surface area contributed by atoms with Crippen molar-refractivity contribution in [3.05, 3.63) is 11.8 Å². The number of ether oxygens (including phenoxy) is 2. The summed E-state index contributed by atoms with van der Waals surface area (Å²) in [6.07, 6.45) is -1.93. The molecule has 0 aromatic carbocycles. The fourth-order valence-corrected chi connectivity index (χ4v) is 3.13. The Kier molecular flexibility index (Phi) is 6.40. The number of aliphatic carboxylic acids is 1. The van der Waals surface area contributed by atoms with Gasteiger partial charge in [0.2, 0.25) is 11.7 Å². The molecule has 1 fully saturated rings. The van der Waals surface area contributed by atoms with Gasteiger partial charge in [-0.05, 0) is 12.5 Å². The molecule has 2 aliphatic rings. The van der Waals surface area contributed by atoms with Crippen LogP contribution >= 0.6 is 0 Å². The standard InChI is InChI=1S/C15H24N4O7/c1-6(20)18-11-8(19-15(16)17)4-10(14(23)24)26-13(11)12(22)7-5-25-3-2-9(7)21/h4,7-9,11-13,21-22H,2-3,5H2,1H3,(H,18,20)(H,23,24)(H4,16,17,19)/t7?,8-,9?,11+,12?,13+/m0/s1. The highest BCUT2D eigenvalue weighted by molar-refractivity contribution is 5.85. The molecule has 26 heavy (non-hydrogen) atoms. The molecule has 11 nitrogen and oxygen atoms in total. The number of carboxylic acids is 1. The summed E-state index contributed by atoms with van der Waals surface area (Å²) < 4.78 is 10.7. The fraction of sp³-hybridized carbons (Fsp3) is 0.667. The molecule has 11 heteroatoms. The normalized spacial score (nSPS) is 32.6. The van der Waals surface area contributed by atoms with Crippen LogP contribution in [0, 0.1) is 5.92 Å². The second kappa shape index (κ2) is 8.34. The number of carbonyl (C=O) groups excluding carboxylic acids is 1. The Bertz CT molecular complexity index is 605. The smallest absolute Gasteiger partial charge is 0.370 e. The average molecular weight is 372 g/mol. The lowest BCUT2D eigenvalue weighted by molar-refractivity contribution is -0.150. The highest BCUT2D eigenvalue weighted by Crippen LogP contribution is 2.29. The number of nitrogens with zero attached hydrogens (tertiary/aromatic N) is 1. The number of nitrogens with one attached hydrogen (secondary N) is 1. The van der Waals surface area contributed by atoms with Crippen molar-refractivity contribution in [1.29, 1.82) is 0 Å². The summed E-state index contributed by atoms with van der Waals surface area (Å²) in [4.78, 5) is 26.9. The van der Waals surface area contributed by atoms with Crippen molar-refractivity contribution < 1.29 is 34.4 Å². The van der Waals surface area contributed by atoms with Gasteiger partial charge in [-0.1, -0.05) is 0 Å². The second-order valence-electron chi connectivity index (χ2n) is 6.27. The number of aliphatic imine (C=N–C) groups is 1. The first kappa shape index (κ1) is 19.9. The number of aliphatic hydroxyl groups is 2. The van der Waals surface area contributed by atoms with E-state index in [1.54, 1.807) is 0 Å². The van der Waals surface area contributed by atoms with E-state index in [9.17, 15) is 24.9 Å². The topological polar surface area (TPSA) is 190 Å². The zero-order valence-corrected chi connectivity index (χ0v) is 14.2. The highest BCUT2D eigenvalue weighted by Gasteiger charge is 2.46. The maximum atomic E-state index is 11.6. The third kappa shape index (κ3) is 4.62. The molecule has 6 atom stereocenters. The van der Waals surface area contributed by atoms with Gasteiger partial charge in [0.15, 0.2) is 5.96 Å². The summed E-state index contributed by atoms with van der Waals surface area (Å²) in [6.45, 7) is 1.67. The van der Waals surface area contributed by atoms with Crippen molar-refractivity contribution >= 4 is 17.8 Å². The molecule has 2 heterocycles. The van der Waals surface area contributed by atoms with Gasteiger partial charge in [-0.25, -0.2) is 9.79 Å². The van der Waals surface area contributed by atoms with Crippen LogP contribution in [0.1, 0.15) is 13.3 Å². The van der Waals surface area contributed by atoms with Gasteiger partial charge in [-0.15, -0.1) is 0 Å². The molecule has 0 aliphatic carbocycles. The number of amides is 1. The van der Waals surface area contributed by atoms with E-state index in [1.165, 1.54) is 6.92 Å². The third-order valence-corrected chi connectivity index (χ3v) is 4.32. The fourth-order valence-electron chi connectivity index (χ4n) is 3.13. The van der Waals surface area contributed by atoms with Gasteiger partial charge in [-0.3, -0.25) is 4.79 Å². The lowest BCUT2D eigenvalue weighted by atomic mass is 9.84. The van der Waals surface area contributed by atoms with E-state index in [1.807, 2.05) is 0 Å². The number of hydrogen-bond donors (Lipinski definition) is 6. The van der Waals surface area contributed by atoms with Crippen molar-refractivity contribution in [2.75, 3.05) is 13.2 Å². The van der Waals surface area contributed by atoms with Gasteiger partial charge >= 0.3 is 5.97 Å². The molecular weight excluding hydrogens is 348 g/mol. The summed E-state index contributed by atoms with van der Waals surface area (Å²) in [5.41, 5.74) is 10.8. The molecule has 8 N–H and O–H groups in total. The molecule has 1 amide bonds. The predicted molar refractivity (Wildman–Crippen MR) is 88.7 cm³/mol. The number of guanidine groups is 1. The Hall–Kier alpha value is -2.37. The van der Waals surface area contributed by atoms with Crippen molar-refractivity contribution in [1.82, 2.24) is 5.32 Å². The molecule has 2 aliphatic heterocycles.